The molecule has 3 amide bonds. The van der Waals surface area contributed by atoms with Gasteiger partial charge in [0.15, 0.2) is 0 Å². The van der Waals surface area contributed by atoms with E-state index in [1.807, 2.05) is 30.3 Å². The topological polar surface area (TPSA) is 66.5 Å². The highest BCUT2D eigenvalue weighted by molar-refractivity contribution is 6.19. The van der Waals surface area contributed by atoms with Gasteiger partial charge in [-0.3, -0.25) is 19.3 Å². The van der Waals surface area contributed by atoms with Gasteiger partial charge in [0.25, 0.3) is 5.91 Å². The summed E-state index contributed by atoms with van der Waals surface area (Å²) in [5.41, 5.74) is 1.97. The molecule has 2 aromatic rings. The lowest BCUT2D eigenvalue weighted by atomic mass is 9.84. The Kier molecular flexibility index (Phi) is 4.89. The van der Waals surface area contributed by atoms with Gasteiger partial charge in [-0.1, -0.05) is 44.2 Å². The van der Waals surface area contributed by atoms with Gasteiger partial charge in [-0.2, -0.15) is 0 Å². The van der Waals surface area contributed by atoms with Gasteiger partial charge in [0, 0.05) is 30.4 Å². The lowest BCUT2D eigenvalue weighted by Crippen LogP contribution is -2.36. The predicted molar refractivity (Wildman–Crippen MR) is 100.0 cm³/mol. The van der Waals surface area contributed by atoms with Crippen LogP contribution in [0.1, 0.15) is 42.6 Å². The maximum atomic E-state index is 12.4. The van der Waals surface area contributed by atoms with Crippen LogP contribution in [-0.2, 0) is 15.0 Å². The third-order valence-electron chi connectivity index (χ3n) is 4.69. The number of amides is 3. The molecule has 26 heavy (non-hydrogen) atoms. The molecule has 1 saturated heterocycles. The van der Waals surface area contributed by atoms with Crippen LogP contribution < -0.4 is 10.2 Å². The van der Waals surface area contributed by atoms with Crippen LogP contribution in [0.25, 0.3) is 0 Å². The first kappa shape index (κ1) is 17.9. The van der Waals surface area contributed by atoms with Gasteiger partial charge in [-0.15, -0.1) is 0 Å². The fourth-order valence-corrected chi connectivity index (χ4v) is 3.02. The summed E-state index contributed by atoms with van der Waals surface area (Å²) in [5.74, 6) is -0.576. The SMILES string of the molecule is CC(C)(CNC(=O)c1ccc(N2C(=O)CCC2=O)cc1)c1ccccc1. The van der Waals surface area contributed by atoms with Crippen LogP contribution in [0.5, 0.6) is 0 Å². The van der Waals surface area contributed by atoms with E-state index in [1.54, 1.807) is 24.3 Å². The lowest BCUT2D eigenvalue weighted by molar-refractivity contribution is -0.121. The number of hydrogen-bond acceptors (Lipinski definition) is 3. The molecule has 1 N–H and O–H groups in total. The van der Waals surface area contributed by atoms with Crippen molar-refractivity contribution in [3.63, 3.8) is 0 Å². The molecule has 2 aromatic carbocycles. The van der Waals surface area contributed by atoms with Gasteiger partial charge in [0.05, 0.1) is 5.69 Å². The molecule has 5 heteroatoms. The minimum Gasteiger partial charge on any atom is -0.351 e. The molecular formula is C21H22N2O3. The number of imide groups is 1. The Hall–Kier alpha value is -2.95. The van der Waals surface area contributed by atoms with E-state index in [0.29, 0.717) is 17.8 Å². The fraction of sp³-hybridized carbons (Fsp3) is 0.286. The van der Waals surface area contributed by atoms with Crippen LogP contribution >= 0.6 is 0 Å². The van der Waals surface area contributed by atoms with Crippen molar-refractivity contribution in [3.05, 3.63) is 65.7 Å². The van der Waals surface area contributed by atoms with E-state index in [9.17, 15) is 14.4 Å². The van der Waals surface area contributed by atoms with E-state index in [1.165, 1.54) is 4.90 Å². The largest absolute Gasteiger partial charge is 0.351 e. The van der Waals surface area contributed by atoms with E-state index >= 15 is 0 Å². The Morgan fingerprint density at radius 3 is 2.12 bits per heavy atom. The zero-order valence-electron chi connectivity index (χ0n) is 15.0. The molecule has 0 aliphatic carbocycles. The summed E-state index contributed by atoms with van der Waals surface area (Å²) in [6, 6.07) is 16.6. The van der Waals surface area contributed by atoms with Crippen LogP contribution in [0, 0.1) is 0 Å². The zero-order valence-corrected chi connectivity index (χ0v) is 15.0. The molecule has 0 saturated carbocycles. The number of nitrogens with one attached hydrogen (secondary N) is 1. The van der Waals surface area contributed by atoms with Crippen molar-refractivity contribution in [1.82, 2.24) is 5.32 Å². The standard InChI is InChI=1S/C21H22N2O3/c1-21(2,16-6-4-3-5-7-16)14-22-20(26)15-8-10-17(11-9-15)23-18(24)12-13-19(23)25/h3-11H,12-14H2,1-2H3,(H,22,26). The van der Waals surface area contributed by atoms with E-state index in [4.69, 9.17) is 0 Å². The molecule has 0 spiro atoms. The highest BCUT2D eigenvalue weighted by atomic mass is 16.2. The minimum atomic E-state index is -0.197. The van der Waals surface area contributed by atoms with Gasteiger partial charge in [-0.05, 0) is 29.8 Å². The number of anilines is 1. The maximum absolute atomic E-state index is 12.4. The first-order chi connectivity index (χ1) is 12.4. The minimum absolute atomic E-state index is 0.181. The number of carbonyl (C=O) groups is 3. The molecule has 134 valence electrons. The summed E-state index contributed by atoms with van der Waals surface area (Å²) in [4.78, 5) is 37.2. The van der Waals surface area contributed by atoms with Gasteiger partial charge < -0.3 is 5.32 Å². The van der Waals surface area contributed by atoms with Gasteiger partial charge >= 0.3 is 0 Å². The number of benzene rings is 2. The van der Waals surface area contributed by atoms with Crippen LogP contribution in [0.3, 0.4) is 0 Å². The highest BCUT2D eigenvalue weighted by Gasteiger charge is 2.30. The summed E-state index contributed by atoms with van der Waals surface area (Å²) < 4.78 is 0. The molecule has 3 rings (SSSR count). The summed E-state index contributed by atoms with van der Waals surface area (Å²) >= 11 is 0. The average Bonchev–Trinajstić information content (AvgIpc) is 2.99. The summed E-state index contributed by atoms with van der Waals surface area (Å²) in [5, 5.41) is 2.96. The first-order valence-corrected chi connectivity index (χ1v) is 8.68. The van der Waals surface area contributed by atoms with Crippen molar-refractivity contribution < 1.29 is 14.4 Å². The van der Waals surface area contributed by atoms with Crippen molar-refractivity contribution in [3.8, 4) is 0 Å². The predicted octanol–water partition coefficient (Wildman–Crippen LogP) is 3.05. The Morgan fingerprint density at radius 1 is 0.962 bits per heavy atom. The van der Waals surface area contributed by atoms with Gasteiger partial charge in [-0.25, -0.2) is 0 Å². The Balaban J connectivity index is 1.65. The summed E-state index contributed by atoms with van der Waals surface area (Å²) in [6.07, 6.45) is 0.491. The second-order valence-corrected chi connectivity index (χ2v) is 7.10. The summed E-state index contributed by atoms with van der Waals surface area (Å²) in [7, 11) is 0. The molecule has 1 aliphatic rings. The fourth-order valence-electron chi connectivity index (χ4n) is 3.02. The smallest absolute Gasteiger partial charge is 0.251 e. The van der Waals surface area contributed by atoms with Crippen LogP contribution in [0.4, 0.5) is 5.69 Å². The molecule has 0 aromatic heterocycles. The molecule has 1 heterocycles. The molecule has 5 nitrogen and oxygen atoms in total. The number of rotatable bonds is 5. The maximum Gasteiger partial charge on any atom is 0.251 e. The number of carbonyl (C=O) groups excluding carboxylic acids is 3. The Bertz CT molecular complexity index is 810. The monoisotopic (exact) mass is 350 g/mol. The molecule has 0 bridgehead atoms. The number of hydrogen-bond donors (Lipinski definition) is 1. The van der Waals surface area contributed by atoms with Gasteiger partial charge in [0.2, 0.25) is 11.8 Å². The summed E-state index contributed by atoms with van der Waals surface area (Å²) in [6.45, 7) is 4.66. The quantitative estimate of drug-likeness (QED) is 0.843. The van der Waals surface area contributed by atoms with E-state index in [0.717, 1.165) is 5.56 Å². The van der Waals surface area contributed by atoms with Crippen LogP contribution in [0.15, 0.2) is 54.6 Å². The Labute approximate surface area is 153 Å². The van der Waals surface area contributed by atoms with Crippen molar-refractivity contribution in [2.45, 2.75) is 32.1 Å². The Morgan fingerprint density at radius 2 is 1.54 bits per heavy atom. The van der Waals surface area contributed by atoms with E-state index in [2.05, 4.69) is 19.2 Å². The van der Waals surface area contributed by atoms with Crippen molar-refractivity contribution in [2.24, 2.45) is 0 Å². The highest BCUT2D eigenvalue weighted by Crippen LogP contribution is 2.24. The third-order valence-corrected chi connectivity index (χ3v) is 4.69. The van der Waals surface area contributed by atoms with E-state index in [-0.39, 0.29) is 36.0 Å². The number of nitrogens with zero attached hydrogens (tertiary/aromatic N) is 1. The molecule has 0 unspecified atom stereocenters. The second kappa shape index (κ2) is 7.12. The van der Waals surface area contributed by atoms with Crippen molar-refractivity contribution >= 4 is 23.4 Å². The van der Waals surface area contributed by atoms with E-state index < -0.39 is 0 Å². The second-order valence-electron chi connectivity index (χ2n) is 7.10. The average molecular weight is 350 g/mol. The molecule has 0 radical (unpaired) electrons. The van der Waals surface area contributed by atoms with Gasteiger partial charge in [0.1, 0.15) is 0 Å². The zero-order chi connectivity index (χ0) is 18.7. The molecule has 0 atom stereocenters. The first-order valence-electron chi connectivity index (χ1n) is 8.68. The van der Waals surface area contributed by atoms with Crippen LogP contribution in [0.2, 0.25) is 0 Å². The molecule has 1 aliphatic heterocycles. The third kappa shape index (κ3) is 3.67. The molecular weight excluding hydrogens is 328 g/mol. The van der Waals surface area contributed by atoms with Crippen LogP contribution in [-0.4, -0.2) is 24.3 Å². The molecule has 1 fully saturated rings. The van der Waals surface area contributed by atoms with Crippen molar-refractivity contribution in [2.75, 3.05) is 11.4 Å². The lowest BCUT2D eigenvalue weighted by Gasteiger charge is -2.25. The normalized spacial score (nSPS) is 14.6. The van der Waals surface area contributed by atoms with Crippen molar-refractivity contribution in [1.29, 1.82) is 0 Å².